The van der Waals surface area contributed by atoms with Gasteiger partial charge in [-0.1, -0.05) is 18.3 Å². The molecule has 0 bridgehead atoms. The van der Waals surface area contributed by atoms with Crippen molar-refractivity contribution in [2.24, 2.45) is 0 Å². The number of fused-ring (bicyclic) bond motifs is 1. The minimum atomic E-state index is -0.183. The van der Waals surface area contributed by atoms with E-state index in [9.17, 15) is 4.79 Å². The Bertz CT molecular complexity index is 920. The van der Waals surface area contributed by atoms with Gasteiger partial charge < -0.3 is 15.3 Å². The summed E-state index contributed by atoms with van der Waals surface area (Å²) in [5.41, 5.74) is 2.38. The predicted octanol–water partition coefficient (Wildman–Crippen LogP) is 2.88. The maximum absolute atomic E-state index is 12.0. The van der Waals surface area contributed by atoms with Gasteiger partial charge >= 0.3 is 0 Å². The smallest absolute Gasteiger partial charge is 0.269 e. The maximum atomic E-state index is 12.0. The maximum Gasteiger partial charge on any atom is 0.269 e. The molecule has 4 heterocycles. The van der Waals surface area contributed by atoms with Crippen LogP contribution >= 0.6 is 0 Å². The largest absolute Gasteiger partial charge is 0.453 e. The van der Waals surface area contributed by atoms with Gasteiger partial charge in [0.15, 0.2) is 0 Å². The summed E-state index contributed by atoms with van der Waals surface area (Å²) in [4.78, 5) is 20.1. The number of nitrogens with one attached hydrogen (secondary N) is 1. The summed E-state index contributed by atoms with van der Waals surface area (Å²) in [7, 11) is 0. The Morgan fingerprint density at radius 1 is 1.19 bits per heavy atom. The average molecular weight is 345 g/mol. The van der Waals surface area contributed by atoms with E-state index in [0.717, 1.165) is 17.1 Å². The van der Waals surface area contributed by atoms with Crippen molar-refractivity contribution in [3.8, 4) is 0 Å². The average Bonchev–Trinajstić information content (AvgIpc) is 3.11. The third kappa shape index (κ3) is 3.46. The number of pyridine rings is 2. The summed E-state index contributed by atoms with van der Waals surface area (Å²) >= 11 is 0. The van der Waals surface area contributed by atoms with E-state index in [2.05, 4.69) is 20.4 Å². The van der Waals surface area contributed by atoms with Gasteiger partial charge in [-0.15, -0.1) is 0 Å². The molecule has 1 aliphatic heterocycles. The van der Waals surface area contributed by atoms with Crippen molar-refractivity contribution < 1.29 is 4.79 Å². The fourth-order valence-electron chi connectivity index (χ4n) is 2.75. The molecule has 7 nitrogen and oxygen atoms in total. The lowest BCUT2D eigenvalue weighted by molar-refractivity contribution is 0.0949. The molecule has 0 radical (unpaired) electrons. The molecule has 0 aromatic carbocycles. The number of rotatable bonds is 5. The monoisotopic (exact) mass is 345 g/mol. The van der Waals surface area contributed by atoms with Gasteiger partial charge in [-0.2, -0.15) is 0 Å². The van der Waals surface area contributed by atoms with Gasteiger partial charge in [-0.25, -0.2) is 0 Å². The van der Waals surface area contributed by atoms with E-state index >= 15 is 0 Å². The molecule has 3 aromatic heterocycles. The summed E-state index contributed by atoms with van der Waals surface area (Å²) in [6, 6.07) is 11.1. The molecule has 0 saturated heterocycles. The normalized spacial score (nSPS) is 15.2. The third-order valence-electron chi connectivity index (χ3n) is 4.06. The Balaban J connectivity index is 1.35. The summed E-state index contributed by atoms with van der Waals surface area (Å²) in [5.74, 6) is 0.622. The van der Waals surface area contributed by atoms with Crippen LogP contribution in [0.25, 0.3) is 11.5 Å². The first-order chi connectivity index (χ1) is 12.8. The molecule has 0 spiro atoms. The fourth-order valence-corrected chi connectivity index (χ4v) is 2.75. The molecule has 26 heavy (non-hydrogen) atoms. The quantitative estimate of drug-likeness (QED) is 0.770. The lowest BCUT2D eigenvalue weighted by Crippen LogP contribution is -2.26. The van der Waals surface area contributed by atoms with Crippen LogP contribution in [0.4, 0.5) is 5.82 Å². The van der Waals surface area contributed by atoms with Gasteiger partial charge in [0.25, 0.3) is 5.91 Å². The van der Waals surface area contributed by atoms with E-state index in [0.29, 0.717) is 18.7 Å². The SMILES string of the molecule is O=C(NCCc1cc2n(n1)C=CC(c1ccncc1)[N-]2)c1ccccn1. The van der Waals surface area contributed by atoms with Crippen LogP contribution in [0, 0.1) is 0 Å². The lowest BCUT2D eigenvalue weighted by Gasteiger charge is -2.28. The number of hydrogen-bond donors (Lipinski definition) is 1. The molecule has 3 aromatic rings. The van der Waals surface area contributed by atoms with Crippen LogP contribution in [0.3, 0.4) is 0 Å². The van der Waals surface area contributed by atoms with Crippen LogP contribution in [0.2, 0.25) is 0 Å². The van der Waals surface area contributed by atoms with Crippen LogP contribution in [0.1, 0.15) is 27.8 Å². The number of aromatic nitrogens is 4. The second kappa shape index (κ2) is 7.18. The Morgan fingerprint density at radius 3 is 2.88 bits per heavy atom. The number of hydrogen-bond acceptors (Lipinski definition) is 4. The van der Waals surface area contributed by atoms with Gasteiger partial charge in [0.05, 0.1) is 0 Å². The van der Waals surface area contributed by atoms with Crippen LogP contribution in [-0.4, -0.2) is 32.2 Å². The first-order valence-corrected chi connectivity index (χ1v) is 8.36. The zero-order valence-corrected chi connectivity index (χ0v) is 14.0. The first-order valence-electron chi connectivity index (χ1n) is 8.36. The molecule has 0 fully saturated rings. The highest BCUT2D eigenvalue weighted by Crippen LogP contribution is 2.36. The Kier molecular flexibility index (Phi) is 4.42. The molecule has 1 N–H and O–H groups in total. The lowest BCUT2D eigenvalue weighted by atomic mass is 10.1. The molecule has 1 unspecified atom stereocenters. The van der Waals surface area contributed by atoms with Crippen molar-refractivity contribution in [2.75, 3.05) is 6.54 Å². The molecule has 1 atom stereocenters. The van der Waals surface area contributed by atoms with Crippen LogP contribution in [0.5, 0.6) is 0 Å². The van der Waals surface area contributed by atoms with Gasteiger partial charge in [-0.3, -0.25) is 19.9 Å². The highest BCUT2D eigenvalue weighted by molar-refractivity contribution is 5.92. The van der Waals surface area contributed by atoms with E-state index in [1.54, 1.807) is 41.5 Å². The molecule has 1 aliphatic rings. The van der Waals surface area contributed by atoms with Crippen molar-refractivity contribution >= 4 is 17.9 Å². The number of carbonyl (C=O) groups is 1. The van der Waals surface area contributed by atoms with Crippen LogP contribution < -0.4 is 5.32 Å². The topological polar surface area (TPSA) is 86.8 Å². The van der Waals surface area contributed by atoms with E-state index in [1.807, 2.05) is 30.5 Å². The van der Waals surface area contributed by atoms with E-state index in [-0.39, 0.29) is 11.9 Å². The summed E-state index contributed by atoms with van der Waals surface area (Å²) in [5, 5.41) is 12.1. The number of amides is 1. The van der Waals surface area contributed by atoms with Crippen molar-refractivity contribution in [1.82, 2.24) is 25.1 Å². The second-order valence-electron chi connectivity index (χ2n) is 5.86. The summed E-state index contributed by atoms with van der Waals surface area (Å²) in [6.07, 6.45) is 9.68. The number of carbonyl (C=O) groups excluding carboxylic acids is 1. The van der Waals surface area contributed by atoms with Crippen LogP contribution in [0.15, 0.2) is 61.1 Å². The molecule has 130 valence electrons. The van der Waals surface area contributed by atoms with Crippen LogP contribution in [-0.2, 0) is 6.42 Å². The first kappa shape index (κ1) is 16.0. The van der Waals surface area contributed by atoms with Gasteiger partial charge in [0.1, 0.15) is 5.69 Å². The molecular formula is C19H17N6O-. The molecule has 4 rings (SSSR count). The zero-order chi connectivity index (χ0) is 17.8. The number of nitrogens with zero attached hydrogens (tertiary/aromatic N) is 5. The summed E-state index contributed by atoms with van der Waals surface area (Å²) < 4.78 is 1.76. The van der Waals surface area contributed by atoms with E-state index in [1.165, 1.54) is 0 Å². The minimum absolute atomic E-state index is 0.0288. The molecule has 7 heteroatoms. The minimum Gasteiger partial charge on any atom is -0.453 e. The Labute approximate surface area is 150 Å². The summed E-state index contributed by atoms with van der Waals surface area (Å²) in [6.45, 7) is 0.489. The Morgan fingerprint density at radius 2 is 2.08 bits per heavy atom. The van der Waals surface area contributed by atoms with Crippen molar-refractivity contribution in [2.45, 2.75) is 12.5 Å². The molecule has 0 aliphatic carbocycles. The van der Waals surface area contributed by atoms with E-state index in [4.69, 9.17) is 5.32 Å². The zero-order valence-electron chi connectivity index (χ0n) is 14.0. The molecule has 1 amide bonds. The van der Waals surface area contributed by atoms with Crippen molar-refractivity contribution in [3.63, 3.8) is 0 Å². The van der Waals surface area contributed by atoms with Gasteiger partial charge in [0, 0.05) is 43.3 Å². The standard InChI is InChI=1S/C19H18N6O/c26-19(17-3-1-2-8-21-17)22-11-6-15-13-18-23-16(7-12-25(18)24-15)14-4-9-20-10-5-14/h1-5,7-10,12-13,16H,6,11H2,(H2,22,23,24,26)/p-1. The van der Waals surface area contributed by atoms with E-state index < -0.39 is 0 Å². The fraction of sp³-hybridized carbons (Fsp3) is 0.158. The van der Waals surface area contributed by atoms with Gasteiger partial charge in [-0.05, 0) is 41.7 Å². The molecule has 0 saturated carbocycles. The molecular weight excluding hydrogens is 328 g/mol. The van der Waals surface area contributed by atoms with Crippen molar-refractivity contribution in [3.05, 3.63) is 83.3 Å². The predicted molar refractivity (Wildman–Crippen MR) is 97.8 cm³/mol. The highest BCUT2D eigenvalue weighted by Gasteiger charge is 2.10. The highest BCUT2D eigenvalue weighted by atomic mass is 16.1. The van der Waals surface area contributed by atoms with Crippen molar-refractivity contribution in [1.29, 1.82) is 0 Å². The Hall–Kier alpha value is -3.48. The third-order valence-corrected chi connectivity index (χ3v) is 4.06. The van der Waals surface area contributed by atoms with Gasteiger partial charge in [0.2, 0.25) is 0 Å². The second-order valence-corrected chi connectivity index (χ2v) is 5.86.